The fourth-order valence-corrected chi connectivity index (χ4v) is 3.94. The molecular weight excluding hydrogens is 389 g/mol. The van der Waals surface area contributed by atoms with Gasteiger partial charge in [-0.1, -0.05) is 36.4 Å². The summed E-state index contributed by atoms with van der Waals surface area (Å²) in [6, 6.07) is 21.8. The summed E-state index contributed by atoms with van der Waals surface area (Å²) in [6.45, 7) is 1.96. The van der Waals surface area contributed by atoms with E-state index in [0.717, 1.165) is 29.1 Å². The Balaban J connectivity index is 1.65. The Morgan fingerprint density at radius 2 is 1.57 bits per heavy atom. The van der Waals surface area contributed by atoms with Gasteiger partial charge in [0, 0.05) is 23.0 Å². The van der Waals surface area contributed by atoms with E-state index in [1.165, 1.54) is 12.1 Å². The van der Waals surface area contributed by atoms with E-state index in [9.17, 15) is 18.0 Å². The molecule has 1 heterocycles. The molecule has 0 aromatic heterocycles. The number of amides is 1. The van der Waals surface area contributed by atoms with Crippen LogP contribution >= 0.6 is 0 Å². The number of anilines is 2. The molecule has 0 unspecified atom stereocenters. The molecule has 3 nitrogen and oxygen atoms in total. The van der Waals surface area contributed by atoms with Crippen molar-refractivity contribution in [2.45, 2.75) is 31.6 Å². The number of carbonyl (C=O) groups excluding carboxylic acids is 1. The molecule has 1 N–H and O–H groups in total. The Bertz CT molecular complexity index is 1030. The Morgan fingerprint density at radius 3 is 2.23 bits per heavy atom. The van der Waals surface area contributed by atoms with Crippen LogP contribution in [0, 0.1) is 0 Å². The first-order valence-electron chi connectivity index (χ1n) is 9.76. The molecule has 0 aliphatic carbocycles. The Hall–Kier alpha value is -3.28. The number of para-hydroxylation sites is 2. The molecule has 3 aromatic carbocycles. The highest BCUT2D eigenvalue weighted by Crippen LogP contribution is 2.39. The molecular formula is C24H21F3N2O. The van der Waals surface area contributed by atoms with Gasteiger partial charge in [-0.15, -0.1) is 0 Å². The minimum atomic E-state index is -4.43. The third-order valence-electron chi connectivity index (χ3n) is 5.38. The summed E-state index contributed by atoms with van der Waals surface area (Å²) in [7, 11) is 0. The fraction of sp³-hybridized carbons (Fsp3) is 0.208. The number of carbonyl (C=O) groups is 1. The number of nitrogens with one attached hydrogen (secondary N) is 1. The van der Waals surface area contributed by atoms with Gasteiger partial charge < -0.3 is 10.2 Å². The number of benzene rings is 3. The molecule has 6 heteroatoms. The van der Waals surface area contributed by atoms with Gasteiger partial charge >= 0.3 is 6.18 Å². The number of hydrogen-bond donors (Lipinski definition) is 1. The first kappa shape index (κ1) is 20.0. The maximum Gasteiger partial charge on any atom is 0.416 e. The molecule has 0 saturated heterocycles. The van der Waals surface area contributed by atoms with E-state index >= 15 is 0 Å². The molecule has 1 aliphatic rings. The molecule has 0 radical (unpaired) electrons. The average molecular weight is 410 g/mol. The molecule has 1 aliphatic heterocycles. The van der Waals surface area contributed by atoms with Crippen LogP contribution in [0.25, 0.3) is 0 Å². The summed E-state index contributed by atoms with van der Waals surface area (Å²) < 4.78 is 38.6. The minimum Gasteiger partial charge on any atom is -0.378 e. The standard InChI is InChI=1S/C24H21F3N2O/c1-16-15-21(28-19-7-3-2-4-8-19)20-9-5-6-10-22(20)29(16)23(30)17-11-13-18(14-12-17)24(25,26)27/h2-14,16,21,28H,15H2,1H3/t16-,21+/m1/s1. The van der Waals surface area contributed by atoms with Crippen molar-refractivity contribution in [2.24, 2.45) is 0 Å². The van der Waals surface area contributed by atoms with Gasteiger partial charge in [0.05, 0.1) is 11.6 Å². The van der Waals surface area contributed by atoms with E-state index in [-0.39, 0.29) is 23.6 Å². The van der Waals surface area contributed by atoms with Crippen LogP contribution in [0.3, 0.4) is 0 Å². The molecule has 4 rings (SSSR count). The third kappa shape index (κ3) is 3.90. The molecule has 30 heavy (non-hydrogen) atoms. The van der Waals surface area contributed by atoms with Crippen molar-refractivity contribution in [1.29, 1.82) is 0 Å². The van der Waals surface area contributed by atoms with Crippen LogP contribution in [0.2, 0.25) is 0 Å². The zero-order valence-corrected chi connectivity index (χ0v) is 16.4. The molecule has 0 spiro atoms. The average Bonchev–Trinajstić information content (AvgIpc) is 2.74. The van der Waals surface area contributed by atoms with Crippen LogP contribution in [0.15, 0.2) is 78.9 Å². The van der Waals surface area contributed by atoms with E-state index in [0.29, 0.717) is 6.42 Å². The van der Waals surface area contributed by atoms with Crippen LogP contribution in [0.5, 0.6) is 0 Å². The summed E-state index contributed by atoms with van der Waals surface area (Å²) in [5.41, 5.74) is 2.22. The largest absolute Gasteiger partial charge is 0.416 e. The summed E-state index contributed by atoms with van der Waals surface area (Å²) in [4.78, 5) is 14.9. The second kappa shape index (κ2) is 7.86. The van der Waals surface area contributed by atoms with Crippen LogP contribution in [0.4, 0.5) is 24.5 Å². The maximum absolute atomic E-state index is 13.2. The van der Waals surface area contributed by atoms with Crippen LogP contribution in [-0.4, -0.2) is 11.9 Å². The van der Waals surface area contributed by atoms with Gasteiger partial charge in [0.1, 0.15) is 0 Å². The molecule has 0 fully saturated rings. The zero-order chi connectivity index (χ0) is 21.3. The number of halogens is 3. The van der Waals surface area contributed by atoms with Crippen molar-refractivity contribution in [2.75, 3.05) is 10.2 Å². The lowest BCUT2D eigenvalue weighted by atomic mass is 9.90. The third-order valence-corrected chi connectivity index (χ3v) is 5.38. The monoisotopic (exact) mass is 410 g/mol. The van der Waals surface area contributed by atoms with Gasteiger partial charge in [-0.05, 0) is 61.4 Å². The summed E-state index contributed by atoms with van der Waals surface area (Å²) in [6.07, 6.45) is -3.75. The Labute approximate surface area is 173 Å². The smallest absolute Gasteiger partial charge is 0.378 e. The SMILES string of the molecule is C[C@@H]1C[C@H](Nc2ccccc2)c2ccccc2N1C(=O)c1ccc(C(F)(F)F)cc1. The van der Waals surface area contributed by atoms with Crippen LogP contribution in [0.1, 0.15) is 40.9 Å². The van der Waals surface area contributed by atoms with Gasteiger partial charge in [-0.2, -0.15) is 13.2 Å². The highest BCUT2D eigenvalue weighted by Gasteiger charge is 2.35. The predicted molar refractivity (Wildman–Crippen MR) is 112 cm³/mol. The summed E-state index contributed by atoms with van der Waals surface area (Å²) in [5.74, 6) is -0.304. The number of rotatable bonds is 3. The molecule has 3 aromatic rings. The summed E-state index contributed by atoms with van der Waals surface area (Å²) in [5, 5.41) is 3.53. The van der Waals surface area contributed by atoms with E-state index in [4.69, 9.17) is 0 Å². The molecule has 0 bridgehead atoms. The number of hydrogen-bond acceptors (Lipinski definition) is 2. The van der Waals surface area contributed by atoms with Gasteiger partial charge in [0.25, 0.3) is 5.91 Å². The maximum atomic E-state index is 13.2. The van der Waals surface area contributed by atoms with E-state index in [1.807, 2.05) is 61.5 Å². The van der Waals surface area contributed by atoms with Gasteiger partial charge in [0.15, 0.2) is 0 Å². The van der Waals surface area contributed by atoms with Gasteiger partial charge in [0.2, 0.25) is 0 Å². The minimum absolute atomic E-state index is 0.0234. The quantitative estimate of drug-likeness (QED) is 0.550. The molecule has 2 atom stereocenters. The molecule has 154 valence electrons. The first-order valence-corrected chi connectivity index (χ1v) is 9.76. The molecule has 1 amide bonds. The van der Waals surface area contributed by atoms with E-state index < -0.39 is 11.7 Å². The fourth-order valence-electron chi connectivity index (χ4n) is 3.94. The zero-order valence-electron chi connectivity index (χ0n) is 16.4. The second-order valence-corrected chi connectivity index (χ2v) is 7.46. The highest BCUT2D eigenvalue weighted by atomic mass is 19.4. The van der Waals surface area contributed by atoms with Crippen molar-refractivity contribution in [1.82, 2.24) is 0 Å². The van der Waals surface area contributed by atoms with Crippen molar-refractivity contribution in [3.05, 3.63) is 95.6 Å². The van der Waals surface area contributed by atoms with Crippen molar-refractivity contribution in [3.8, 4) is 0 Å². The van der Waals surface area contributed by atoms with E-state index in [2.05, 4.69) is 5.32 Å². The lowest BCUT2D eigenvalue weighted by molar-refractivity contribution is -0.137. The number of alkyl halides is 3. The Kier molecular flexibility index (Phi) is 5.24. The summed E-state index contributed by atoms with van der Waals surface area (Å²) >= 11 is 0. The molecule has 0 saturated carbocycles. The Morgan fingerprint density at radius 1 is 0.933 bits per heavy atom. The predicted octanol–water partition coefficient (Wildman–Crippen LogP) is 6.30. The van der Waals surface area contributed by atoms with E-state index in [1.54, 1.807) is 4.90 Å². The lowest BCUT2D eigenvalue weighted by Gasteiger charge is -2.40. The van der Waals surface area contributed by atoms with Gasteiger partial charge in [-0.3, -0.25) is 4.79 Å². The topological polar surface area (TPSA) is 32.3 Å². The van der Waals surface area contributed by atoms with Crippen molar-refractivity contribution < 1.29 is 18.0 Å². The van der Waals surface area contributed by atoms with Crippen molar-refractivity contribution >= 4 is 17.3 Å². The number of fused-ring (bicyclic) bond motifs is 1. The number of nitrogens with zero attached hydrogens (tertiary/aromatic N) is 1. The van der Waals surface area contributed by atoms with Gasteiger partial charge in [-0.25, -0.2) is 0 Å². The first-order chi connectivity index (χ1) is 14.3. The van der Waals surface area contributed by atoms with Crippen LogP contribution in [-0.2, 0) is 6.18 Å². The lowest BCUT2D eigenvalue weighted by Crippen LogP contribution is -2.44. The van der Waals surface area contributed by atoms with Crippen molar-refractivity contribution in [3.63, 3.8) is 0 Å². The normalized spacial score (nSPS) is 18.6. The second-order valence-electron chi connectivity index (χ2n) is 7.46. The highest BCUT2D eigenvalue weighted by molar-refractivity contribution is 6.07. The van der Waals surface area contributed by atoms with Crippen LogP contribution < -0.4 is 10.2 Å².